The van der Waals surface area contributed by atoms with Gasteiger partial charge in [0.15, 0.2) is 0 Å². The van der Waals surface area contributed by atoms with E-state index < -0.39 is 5.97 Å². The Kier molecular flexibility index (Phi) is 1.89. The summed E-state index contributed by atoms with van der Waals surface area (Å²) in [6.45, 7) is 1.98. The van der Waals surface area contributed by atoms with Gasteiger partial charge in [0, 0.05) is 5.41 Å². The van der Waals surface area contributed by atoms with Gasteiger partial charge in [0.2, 0.25) is 0 Å². The standard InChI is InChI=1S/C9H9ClO2S/c1-9(3-6(9)8(11)12)5-2-7(10)13-4-5/h2,4,6H,3H2,1H3,(H,11,12). The Morgan fingerprint density at radius 1 is 1.85 bits per heavy atom. The summed E-state index contributed by atoms with van der Waals surface area (Å²) in [5, 5.41) is 10.8. The lowest BCUT2D eigenvalue weighted by Crippen LogP contribution is -2.09. The number of carboxylic acids is 1. The Morgan fingerprint density at radius 3 is 2.92 bits per heavy atom. The molecule has 1 aromatic rings. The van der Waals surface area contributed by atoms with Crippen molar-refractivity contribution in [2.45, 2.75) is 18.8 Å². The molecule has 1 aliphatic carbocycles. The second-order valence-electron chi connectivity index (χ2n) is 3.65. The average Bonchev–Trinajstić information content (AvgIpc) is 2.54. The van der Waals surface area contributed by atoms with E-state index in [1.807, 2.05) is 18.4 Å². The molecule has 1 heterocycles. The van der Waals surface area contributed by atoms with Crippen molar-refractivity contribution in [2.75, 3.05) is 0 Å². The second-order valence-corrected chi connectivity index (χ2v) is 5.19. The fourth-order valence-electron chi connectivity index (χ4n) is 1.65. The van der Waals surface area contributed by atoms with Crippen LogP contribution in [0.1, 0.15) is 18.9 Å². The van der Waals surface area contributed by atoms with Crippen LogP contribution in [0.4, 0.5) is 0 Å². The summed E-state index contributed by atoms with van der Waals surface area (Å²) in [6, 6.07) is 1.87. The van der Waals surface area contributed by atoms with Crippen LogP contribution < -0.4 is 0 Å². The maximum absolute atomic E-state index is 10.7. The van der Waals surface area contributed by atoms with E-state index in [2.05, 4.69) is 0 Å². The molecule has 2 atom stereocenters. The number of aliphatic carboxylic acids is 1. The summed E-state index contributed by atoms with van der Waals surface area (Å²) in [6.07, 6.45) is 0.732. The number of carbonyl (C=O) groups is 1. The molecule has 13 heavy (non-hydrogen) atoms. The van der Waals surface area contributed by atoms with E-state index in [0.29, 0.717) is 0 Å². The fourth-order valence-corrected chi connectivity index (χ4v) is 2.68. The Balaban J connectivity index is 2.24. The minimum Gasteiger partial charge on any atom is -0.481 e. The third kappa shape index (κ3) is 1.36. The number of halogens is 1. The van der Waals surface area contributed by atoms with Crippen molar-refractivity contribution in [1.82, 2.24) is 0 Å². The minimum atomic E-state index is -0.704. The highest BCUT2D eigenvalue weighted by molar-refractivity contribution is 7.14. The van der Waals surface area contributed by atoms with Crippen molar-refractivity contribution < 1.29 is 9.90 Å². The second kappa shape index (κ2) is 2.72. The van der Waals surface area contributed by atoms with Gasteiger partial charge >= 0.3 is 5.97 Å². The molecule has 1 aliphatic rings. The summed E-state index contributed by atoms with van der Waals surface area (Å²) in [4.78, 5) is 10.7. The molecule has 2 nitrogen and oxygen atoms in total. The highest BCUT2D eigenvalue weighted by atomic mass is 35.5. The van der Waals surface area contributed by atoms with Crippen LogP contribution in [0.25, 0.3) is 0 Å². The summed E-state index contributed by atoms with van der Waals surface area (Å²) in [7, 11) is 0. The third-order valence-corrected chi connectivity index (χ3v) is 3.85. The summed E-state index contributed by atoms with van der Waals surface area (Å²) in [5.41, 5.74) is 0.894. The lowest BCUT2D eigenvalue weighted by molar-refractivity contribution is -0.138. The van der Waals surface area contributed by atoms with Gasteiger partial charge in [0.25, 0.3) is 0 Å². The predicted octanol–water partition coefficient (Wildman–Crippen LogP) is 2.76. The van der Waals surface area contributed by atoms with Crippen molar-refractivity contribution in [1.29, 1.82) is 0 Å². The van der Waals surface area contributed by atoms with E-state index in [9.17, 15) is 4.79 Å². The van der Waals surface area contributed by atoms with Crippen molar-refractivity contribution in [2.24, 2.45) is 5.92 Å². The lowest BCUT2D eigenvalue weighted by atomic mass is 9.99. The predicted molar refractivity (Wildman–Crippen MR) is 52.4 cm³/mol. The zero-order chi connectivity index (χ0) is 9.64. The first kappa shape index (κ1) is 9.03. The fraction of sp³-hybridized carbons (Fsp3) is 0.444. The molecule has 1 fully saturated rings. The molecule has 0 amide bonds. The van der Waals surface area contributed by atoms with Crippen molar-refractivity contribution in [3.63, 3.8) is 0 Å². The van der Waals surface area contributed by atoms with Crippen molar-refractivity contribution in [3.8, 4) is 0 Å². The van der Waals surface area contributed by atoms with Gasteiger partial charge in [0.1, 0.15) is 0 Å². The van der Waals surface area contributed by atoms with Crippen LogP contribution in [0.3, 0.4) is 0 Å². The number of carboxylic acid groups (broad SMARTS) is 1. The molecule has 0 bridgehead atoms. The Morgan fingerprint density at radius 2 is 2.54 bits per heavy atom. The summed E-state index contributed by atoms with van der Waals surface area (Å²) < 4.78 is 0.729. The number of hydrogen-bond acceptors (Lipinski definition) is 2. The molecule has 1 saturated carbocycles. The third-order valence-electron chi connectivity index (χ3n) is 2.76. The number of thiophene rings is 1. The lowest BCUT2D eigenvalue weighted by Gasteiger charge is -2.05. The molecule has 0 aliphatic heterocycles. The first-order chi connectivity index (χ1) is 6.04. The topological polar surface area (TPSA) is 37.3 Å². The van der Waals surface area contributed by atoms with E-state index >= 15 is 0 Å². The molecular weight excluding hydrogens is 208 g/mol. The molecule has 1 aromatic heterocycles. The molecule has 0 radical (unpaired) electrons. The van der Waals surface area contributed by atoms with E-state index in [-0.39, 0.29) is 11.3 Å². The van der Waals surface area contributed by atoms with Gasteiger partial charge in [0.05, 0.1) is 10.3 Å². The van der Waals surface area contributed by atoms with E-state index in [1.165, 1.54) is 11.3 Å². The van der Waals surface area contributed by atoms with Crippen molar-refractivity contribution >= 4 is 28.9 Å². The van der Waals surface area contributed by atoms with Gasteiger partial charge in [-0.15, -0.1) is 11.3 Å². The monoisotopic (exact) mass is 216 g/mol. The molecule has 2 rings (SSSR count). The van der Waals surface area contributed by atoms with Crippen LogP contribution >= 0.6 is 22.9 Å². The molecule has 1 N–H and O–H groups in total. The Bertz CT molecular complexity index is 360. The van der Waals surface area contributed by atoms with Gasteiger partial charge in [-0.25, -0.2) is 0 Å². The SMILES string of the molecule is CC1(c2csc(Cl)c2)CC1C(=O)O. The van der Waals surface area contributed by atoms with Gasteiger partial charge in [-0.2, -0.15) is 0 Å². The zero-order valence-corrected chi connectivity index (χ0v) is 8.65. The smallest absolute Gasteiger partial charge is 0.307 e. The molecule has 0 aromatic carbocycles. The molecule has 2 unspecified atom stereocenters. The minimum absolute atomic E-state index is 0.171. The van der Waals surface area contributed by atoms with Gasteiger partial charge in [-0.3, -0.25) is 4.79 Å². The van der Waals surface area contributed by atoms with Crippen molar-refractivity contribution in [3.05, 3.63) is 21.3 Å². The van der Waals surface area contributed by atoms with E-state index in [4.69, 9.17) is 16.7 Å². The van der Waals surface area contributed by atoms with Crippen LogP contribution in [0, 0.1) is 5.92 Å². The average molecular weight is 217 g/mol. The maximum Gasteiger partial charge on any atom is 0.307 e. The van der Waals surface area contributed by atoms with Gasteiger partial charge < -0.3 is 5.11 Å². The quantitative estimate of drug-likeness (QED) is 0.826. The Hall–Kier alpha value is -0.540. The summed E-state index contributed by atoms with van der Waals surface area (Å²) in [5.74, 6) is -0.928. The molecule has 4 heteroatoms. The van der Waals surface area contributed by atoms with Crippen LogP contribution in [-0.4, -0.2) is 11.1 Å². The number of hydrogen-bond donors (Lipinski definition) is 1. The normalized spacial score (nSPS) is 31.7. The first-order valence-corrected chi connectivity index (χ1v) is 5.27. The van der Waals surface area contributed by atoms with Gasteiger partial charge in [-0.1, -0.05) is 18.5 Å². The molecular formula is C9H9ClO2S. The zero-order valence-electron chi connectivity index (χ0n) is 7.08. The summed E-state index contributed by atoms with van der Waals surface area (Å²) >= 11 is 7.25. The van der Waals surface area contributed by atoms with Crippen LogP contribution in [0.2, 0.25) is 4.34 Å². The van der Waals surface area contributed by atoms with Crippen LogP contribution in [0.15, 0.2) is 11.4 Å². The molecule has 70 valence electrons. The first-order valence-electron chi connectivity index (χ1n) is 4.01. The highest BCUT2D eigenvalue weighted by Crippen LogP contribution is 2.55. The number of rotatable bonds is 2. The van der Waals surface area contributed by atoms with E-state index in [1.54, 1.807) is 0 Å². The van der Waals surface area contributed by atoms with E-state index in [0.717, 1.165) is 16.3 Å². The molecule has 0 saturated heterocycles. The molecule has 0 spiro atoms. The van der Waals surface area contributed by atoms with Gasteiger partial charge in [-0.05, 0) is 23.4 Å². The Labute approximate surface area is 85.1 Å². The van der Waals surface area contributed by atoms with Crippen LogP contribution in [-0.2, 0) is 10.2 Å². The maximum atomic E-state index is 10.7. The van der Waals surface area contributed by atoms with Crippen LogP contribution in [0.5, 0.6) is 0 Å². The largest absolute Gasteiger partial charge is 0.481 e. The highest BCUT2D eigenvalue weighted by Gasteiger charge is 2.56.